The Morgan fingerprint density at radius 1 is 1.73 bits per heavy atom. The standard InChI is InChI=1S/C10H14O/c1-4-7-8-9(5-2)10(11)6-3/h3,10-11H,2,4,7-8H2,1H3/t10-/m1/s1. The summed E-state index contributed by atoms with van der Waals surface area (Å²) in [6.07, 6.45) is 7.15. The maximum absolute atomic E-state index is 9.17. The Kier molecular flexibility index (Phi) is 5.29. The first-order valence-electron chi connectivity index (χ1n) is 3.79. The fourth-order valence-electron chi connectivity index (χ4n) is 0.790. The van der Waals surface area contributed by atoms with Gasteiger partial charge in [-0.1, -0.05) is 25.8 Å². The molecule has 0 radical (unpaired) electrons. The monoisotopic (exact) mass is 150 g/mol. The molecule has 0 unspecified atom stereocenters. The Balaban J connectivity index is 4.00. The van der Waals surface area contributed by atoms with Gasteiger partial charge in [-0.25, -0.2) is 0 Å². The van der Waals surface area contributed by atoms with E-state index >= 15 is 0 Å². The highest BCUT2D eigenvalue weighted by atomic mass is 16.3. The molecule has 60 valence electrons. The van der Waals surface area contributed by atoms with Crippen LogP contribution in [0.1, 0.15) is 26.2 Å². The molecule has 1 heteroatoms. The van der Waals surface area contributed by atoms with E-state index in [0.29, 0.717) is 0 Å². The van der Waals surface area contributed by atoms with Gasteiger partial charge in [-0.2, -0.15) is 0 Å². The van der Waals surface area contributed by atoms with Gasteiger partial charge in [-0.15, -0.1) is 12.2 Å². The van der Waals surface area contributed by atoms with Crippen molar-refractivity contribution in [3.05, 3.63) is 17.9 Å². The number of aliphatic hydroxyl groups excluding tert-OH is 1. The van der Waals surface area contributed by atoms with E-state index in [0.717, 1.165) is 24.8 Å². The lowest BCUT2D eigenvalue weighted by atomic mass is 10.1. The van der Waals surface area contributed by atoms with E-state index in [1.807, 2.05) is 0 Å². The zero-order chi connectivity index (χ0) is 8.69. The second-order valence-corrected chi connectivity index (χ2v) is 2.37. The molecule has 0 heterocycles. The third kappa shape index (κ3) is 3.68. The molecule has 0 spiro atoms. The van der Waals surface area contributed by atoms with Crippen LogP contribution >= 0.6 is 0 Å². The molecule has 0 rings (SSSR count). The van der Waals surface area contributed by atoms with Gasteiger partial charge in [0, 0.05) is 5.57 Å². The summed E-state index contributed by atoms with van der Waals surface area (Å²) in [7, 11) is 0. The second-order valence-electron chi connectivity index (χ2n) is 2.37. The number of terminal acetylenes is 1. The highest BCUT2D eigenvalue weighted by Crippen LogP contribution is 2.09. The van der Waals surface area contributed by atoms with Crippen LogP contribution in [0.3, 0.4) is 0 Å². The number of aliphatic hydroxyl groups is 1. The predicted molar refractivity (Wildman–Crippen MR) is 47.0 cm³/mol. The second kappa shape index (κ2) is 5.80. The van der Waals surface area contributed by atoms with E-state index in [1.165, 1.54) is 0 Å². The Morgan fingerprint density at radius 2 is 2.36 bits per heavy atom. The predicted octanol–water partition coefficient (Wildman–Crippen LogP) is 1.88. The molecule has 0 aliphatic rings. The fraction of sp³-hybridized carbons (Fsp3) is 0.500. The van der Waals surface area contributed by atoms with E-state index in [-0.39, 0.29) is 0 Å². The van der Waals surface area contributed by atoms with Crippen LogP contribution in [0.15, 0.2) is 17.9 Å². The summed E-state index contributed by atoms with van der Waals surface area (Å²) < 4.78 is 0. The molecule has 0 saturated heterocycles. The van der Waals surface area contributed by atoms with Crippen LogP contribution in [0.4, 0.5) is 0 Å². The summed E-state index contributed by atoms with van der Waals surface area (Å²) in [6.45, 7) is 5.55. The molecule has 1 atom stereocenters. The zero-order valence-electron chi connectivity index (χ0n) is 6.93. The minimum Gasteiger partial charge on any atom is -0.376 e. The number of rotatable bonds is 4. The summed E-state index contributed by atoms with van der Waals surface area (Å²) in [5.74, 6) is 2.24. The lowest BCUT2D eigenvalue weighted by Crippen LogP contribution is -2.05. The lowest BCUT2D eigenvalue weighted by Gasteiger charge is -2.04. The van der Waals surface area contributed by atoms with Crippen molar-refractivity contribution in [2.45, 2.75) is 32.3 Å². The fourth-order valence-corrected chi connectivity index (χ4v) is 0.790. The highest BCUT2D eigenvalue weighted by Gasteiger charge is 2.04. The molecule has 0 fully saturated rings. The topological polar surface area (TPSA) is 20.2 Å². The van der Waals surface area contributed by atoms with Crippen LogP contribution < -0.4 is 0 Å². The molecule has 11 heavy (non-hydrogen) atoms. The minimum atomic E-state index is -0.793. The first-order chi connectivity index (χ1) is 5.26. The van der Waals surface area contributed by atoms with Crippen LogP contribution in [0.25, 0.3) is 0 Å². The summed E-state index contributed by atoms with van der Waals surface area (Å²) in [5, 5.41) is 9.17. The van der Waals surface area contributed by atoms with E-state index in [9.17, 15) is 0 Å². The first-order valence-corrected chi connectivity index (χ1v) is 3.79. The van der Waals surface area contributed by atoms with Gasteiger partial charge in [0.15, 0.2) is 0 Å². The molecule has 0 aliphatic heterocycles. The van der Waals surface area contributed by atoms with Crippen molar-refractivity contribution in [2.75, 3.05) is 0 Å². The summed E-state index contributed by atoms with van der Waals surface area (Å²) >= 11 is 0. The van der Waals surface area contributed by atoms with Crippen molar-refractivity contribution in [3.63, 3.8) is 0 Å². The quantitative estimate of drug-likeness (QED) is 0.479. The van der Waals surface area contributed by atoms with Crippen molar-refractivity contribution < 1.29 is 5.11 Å². The van der Waals surface area contributed by atoms with E-state index in [4.69, 9.17) is 11.5 Å². The lowest BCUT2D eigenvalue weighted by molar-refractivity contribution is 0.263. The van der Waals surface area contributed by atoms with Crippen LogP contribution in [-0.2, 0) is 0 Å². The summed E-state index contributed by atoms with van der Waals surface area (Å²) in [4.78, 5) is 0. The number of hydrogen-bond acceptors (Lipinski definition) is 1. The van der Waals surface area contributed by atoms with E-state index in [1.54, 1.807) is 0 Å². The average molecular weight is 150 g/mol. The largest absolute Gasteiger partial charge is 0.376 e. The van der Waals surface area contributed by atoms with Gasteiger partial charge >= 0.3 is 0 Å². The van der Waals surface area contributed by atoms with Gasteiger partial charge in [-0.3, -0.25) is 0 Å². The Morgan fingerprint density at radius 3 is 2.73 bits per heavy atom. The van der Waals surface area contributed by atoms with Crippen LogP contribution in [0, 0.1) is 12.3 Å². The summed E-state index contributed by atoms with van der Waals surface area (Å²) in [5.41, 5.74) is 3.39. The molecule has 0 aromatic carbocycles. The Hall–Kier alpha value is -0.960. The van der Waals surface area contributed by atoms with Crippen LogP contribution in [-0.4, -0.2) is 11.2 Å². The zero-order valence-corrected chi connectivity index (χ0v) is 6.93. The molecular weight excluding hydrogens is 136 g/mol. The van der Waals surface area contributed by atoms with E-state index < -0.39 is 6.10 Å². The smallest absolute Gasteiger partial charge is 0.143 e. The molecule has 1 N–H and O–H groups in total. The number of unbranched alkanes of at least 4 members (excludes halogenated alkanes) is 1. The van der Waals surface area contributed by atoms with Gasteiger partial charge in [0.1, 0.15) is 6.10 Å². The van der Waals surface area contributed by atoms with Gasteiger partial charge in [0.2, 0.25) is 0 Å². The summed E-state index contributed by atoms with van der Waals surface area (Å²) in [6, 6.07) is 0. The molecule has 1 nitrogen and oxygen atoms in total. The SMILES string of the molecule is C#C[C@@H](O)C(=C=C)CCCC. The molecule has 0 aromatic heterocycles. The third-order valence-electron chi connectivity index (χ3n) is 1.51. The maximum Gasteiger partial charge on any atom is 0.143 e. The molecule has 0 bridgehead atoms. The van der Waals surface area contributed by atoms with Crippen molar-refractivity contribution >= 4 is 0 Å². The van der Waals surface area contributed by atoms with Gasteiger partial charge < -0.3 is 5.11 Å². The molecular formula is C10H14O. The van der Waals surface area contributed by atoms with Crippen molar-refractivity contribution in [3.8, 4) is 12.3 Å². The average Bonchev–Trinajstić information content (AvgIpc) is 2.05. The molecule has 0 aliphatic carbocycles. The van der Waals surface area contributed by atoms with Gasteiger partial charge in [0.25, 0.3) is 0 Å². The Bertz CT molecular complexity index is 191. The minimum absolute atomic E-state index is 0.731. The van der Waals surface area contributed by atoms with Gasteiger partial charge in [-0.05, 0) is 12.8 Å². The first kappa shape index (κ1) is 10.0. The normalized spacial score (nSPS) is 11.4. The maximum atomic E-state index is 9.17. The van der Waals surface area contributed by atoms with Crippen LogP contribution in [0.5, 0.6) is 0 Å². The van der Waals surface area contributed by atoms with Crippen LogP contribution in [0.2, 0.25) is 0 Å². The van der Waals surface area contributed by atoms with Gasteiger partial charge in [0.05, 0.1) is 0 Å². The number of hydrogen-bond donors (Lipinski definition) is 1. The Labute approximate surface area is 68.4 Å². The van der Waals surface area contributed by atoms with E-state index in [2.05, 4.69) is 25.2 Å². The highest BCUT2D eigenvalue weighted by molar-refractivity contribution is 5.17. The molecule has 0 saturated carbocycles. The third-order valence-corrected chi connectivity index (χ3v) is 1.51. The van der Waals surface area contributed by atoms with Crippen molar-refractivity contribution in [1.82, 2.24) is 0 Å². The molecule has 0 aromatic rings. The molecule has 0 amide bonds. The van der Waals surface area contributed by atoms with Crippen molar-refractivity contribution in [1.29, 1.82) is 0 Å². The van der Waals surface area contributed by atoms with Crippen molar-refractivity contribution in [2.24, 2.45) is 0 Å².